The van der Waals surface area contributed by atoms with Gasteiger partial charge in [-0.05, 0) is 24.3 Å². The number of benzene rings is 1. The van der Waals surface area contributed by atoms with E-state index in [9.17, 15) is 19.7 Å². The molecule has 2 aromatic rings. The molecule has 0 bridgehead atoms. The van der Waals surface area contributed by atoms with E-state index in [1.807, 2.05) is 0 Å². The molecule has 0 fully saturated rings. The number of carbonyl (C=O) groups is 2. The van der Waals surface area contributed by atoms with Crippen molar-refractivity contribution in [3.8, 4) is 5.75 Å². The van der Waals surface area contributed by atoms with E-state index < -0.39 is 23.3 Å². The summed E-state index contributed by atoms with van der Waals surface area (Å²) in [5.74, 6) is -0.708. The zero-order valence-electron chi connectivity index (χ0n) is 12.4. The zero-order valence-corrected chi connectivity index (χ0v) is 12.4. The summed E-state index contributed by atoms with van der Waals surface area (Å²) in [6, 6.07) is 9.52. The second-order valence-corrected chi connectivity index (χ2v) is 4.41. The molecular formula is C15H12N2O7. The molecule has 9 nitrogen and oxygen atoms in total. The Kier molecular flexibility index (Phi) is 5.40. The van der Waals surface area contributed by atoms with Crippen LogP contribution in [0.25, 0.3) is 0 Å². The molecule has 1 unspecified atom stereocenters. The number of hydrogen-bond donors (Lipinski definition) is 0. The highest BCUT2D eigenvalue weighted by atomic mass is 16.8. The first-order valence-electron chi connectivity index (χ1n) is 6.70. The van der Waals surface area contributed by atoms with Gasteiger partial charge in [0.05, 0.1) is 4.92 Å². The van der Waals surface area contributed by atoms with Crippen LogP contribution < -0.4 is 4.74 Å². The van der Waals surface area contributed by atoms with Crippen LogP contribution in [0.1, 0.15) is 17.4 Å². The van der Waals surface area contributed by atoms with Gasteiger partial charge in [-0.3, -0.25) is 10.1 Å². The standard InChI is InChI=1S/C15H12N2O7/c1-10(22-14(18)13-4-2-3-9-16-13)23-15(19)24-12-7-5-11(6-8-12)17(20)21/h2-10H,1H3. The zero-order chi connectivity index (χ0) is 17.5. The highest BCUT2D eigenvalue weighted by molar-refractivity contribution is 5.87. The third kappa shape index (κ3) is 4.77. The van der Waals surface area contributed by atoms with E-state index in [2.05, 4.69) is 4.98 Å². The molecule has 124 valence electrons. The van der Waals surface area contributed by atoms with Crippen LogP contribution in [0.15, 0.2) is 48.7 Å². The highest BCUT2D eigenvalue weighted by Gasteiger charge is 2.18. The second kappa shape index (κ2) is 7.68. The van der Waals surface area contributed by atoms with Gasteiger partial charge in [0.2, 0.25) is 6.29 Å². The van der Waals surface area contributed by atoms with Crippen LogP contribution in [0.4, 0.5) is 10.5 Å². The van der Waals surface area contributed by atoms with Crippen LogP contribution in [-0.2, 0) is 9.47 Å². The predicted octanol–water partition coefficient (Wildman–Crippen LogP) is 2.71. The summed E-state index contributed by atoms with van der Waals surface area (Å²) < 4.78 is 14.5. The van der Waals surface area contributed by atoms with E-state index in [4.69, 9.17) is 14.2 Å². The number of pyridine rings is 1. The van der Waals surface area contributed by atoms with Crippen LogP contribution in [0.3, 0.4) is 0 Å². The lowest BCUT2D eigenvalue weighted by Crippen LogP contribution is -2.24. The number of esters is 1. The van der Waals surface area contributed by atoms with Crippen molar-refractivity contribution < 1.29 is 28.7 Å². The van der Waals surface area contributed by atoms with Gasteiger partial charge in [0.25, 0.3) is 5.69 Å². The molecule has 2 rings (SSSR count). The predicted molar refractivity (Wildman–Crippen MR) is 79.3 cm³/mol. The van der Waals surface area contributed by atoms with Crippen molar-refractivity contribution in [1.82, 2.24) is 4.98 Å². The van der Waals surface area contributed by atoms with E-state index >= 15 is 0 Å². The highest BCUT2D eigenvalue weighted by Crippen LogP contribution is 2.18. The number of carbonyl (C=O) groups excluding carboxylic acids is 2. The fourth-order valence-corrected chi connectivity index (χ4v) is 1.61. The minimum Gasteiger partial charge on any atom is -0.421 e. The van der Waals surface area contributed by atoms with Crippen LogP contribution >= 0.6 is 0 Å². The third-order valence-electron chi connectivity index (χ3n) is 2.66. The minimum absolute atomic E-state index is 0.0499. The van der Waals surface area contributed by atoms with Crippen molar-refractivity contribution in [3.63, 3.8) is 0 Å². The SMILES string of the molecule is CC(OC(=O)Oc1ccc([N+](=O)[O-])cc1)OC(=O)c1ccccn1. The van der Waals surface area contributed by atoms with Crippen molar-refractivity contribution in [2.24, 2.45) is 0 Å². The Balaban J connectivity index is 1.85. The minimum atomic E-state index is -1.20. The molecule has 0 aliphatic heterocycles. The summed E-state index contributed by atoms with van der Waals surface area (Å²) in [6.07, 6.45) is -0.902. The molecule has 9 heteroatoms. The molecule has 0 saturated carbocycles. The summed E-state index contributed by atoms with van der Waals surface area (Å²) in [5, 5.41) is 10.5. The number of ether oxygens (including phenoxy) is 3. The lowest BCUT2D eigenvalue weighted by molar-refractivity contribution is -0.384. The van der Waals surface area contributed by atoms with Crippen molar-refractivity contribution in [3.05, 3.63) is 64.5 Å². The molecule has 0 aliphatic rings. The number of non-ortho nitro benzene ring substituents is 1. The molecule has 0 amide bonds. The molecule has 1 atom stereocenters. The Morgan fingerprint density at radius 2 is 1.83 bits per heavy atom. The molecule has 24 heavy (non-hydrogen) atoms. The van der Waals surface area contributed by atoms with Crippen molar-refractivity contribution in [2.75, 3.05) is 0 Å². The second-order valence-electron chi connectivity index (χ2n) is 4.41. The third-order valence-corrected chi connectivity index (χ3v) is 2.66. The van der Waals surface area contributed by atoms with Gasteiger partial charge in [-0.25, -0.2) is 14.6 Å². The van der Waals surface area contributed by atoms with Gasteiger partial charge >= 0.3 is 12.1 Å². The van der Waals surface area contributed by atoms with Gasteiger partial charge in [0, 0.05) is 25.3 Å². The molecule has 1 aromatic heterocycles. The topological polar surface area (TPSA) is 118 Å². The quantitative estimate of drug-likeness (QED) is 0.269. The van der Waals surface area contributed by atoms with Crippen molar-refractivity contribution in [2.45, 2.75) is 13.2 Å². The van der Waals surface area contributed by atoms with E-state index in [1.165, 1.54) is 43.5 Å². The van der Waals surface area contributed by atoms with Gasteiger partial charge in [-0.2, -0.15) is 0 Å². The van der Waals surface area contributed by atoms with E-state index in [0.717, 1.165) is 0 Å². The molecule has 1 aromatic carbocycles. The van der Waals surface area contributed by atoms with E-state index in [0.29, 0.717) is 0 Å². The largest absolute Gasteiger partial charge is 0.516 e. The average molecular weight is 332 g/mol. The van der Waals surface area contributed by atoms with Crippen molar-refractivity contribution in [1.29, 1.82) is 0 Å². The van der Waals surface area contributed by atoms with Gasteiger partial charge in [-0.1, -0.05) is 6.07 Å². The Hall–Kier alpha value is -3.49. The summed E-state index contributed by atoms with van der Waals surface area (Å²) in [5.41, 5.74) is -0.0786. The fourth-order valence-electron chi connectivity index (χ4n) is 1.61. The van der Waals surface area contributed by atoms with Gasteiger partial charge < -0.3 is 14.2 Å². The number of hydrogen-bond acceptors (Lipinski definition) is 8. The molecule has 0 radical (unpaired) electrons. The Morgan fingerprint density at radius 3 is 2.42 bits per heavy atom. The first-order valence-corrected chi connectivity index (χ1v) is 6.70. The maximum absolute atomic E-state index is 11.7. The normalized spacial score (nSPS) is 11.2. The Labute approximate surface area is 135 Å². The number of nitro benzene ring substituents is 1. The van der Waals surface area contributed by atoms with Crippen LogP contribution in [0, 0.1) is 10.1 Å². The summed E-state index contributed by atoms with van der Waals surface area (Å²) in [7, 11) is 0. The first-order chi connectivity index (χ1) is 11.5. The molecular weight excluding hydrogens is 320 g/mol. The smallest absolute Gasteiger partial charge is 0.421 e. The Bertz CT molecular complexity index is 731. The molecule has 0 N–H and O–H groups in total. The van der Waals surface area contributed by atoms with E-state index in [-0.39, 0.29) is 17.1 Å². The maximum Gasteiger partial charge on any atom is 0.516 e. The maximum atomic E-state index is 11.7. The molecule has 1 heterocycles. The monoisotopic (exact) mass is 332 g/mol. The molecule has 0 spiro atoms. The number of rotatable bonds is 5. The van der Waals surface area contributed by atoms with Crippen LogP contribution in [0.2, 0.25) is 0 Å². The van der Waals surface area contributed by atoms with Gasteiger partial charge in [0.15, 0.2) is 0 Å². The lowest BCUT2D eigenvalue weighted by atomic mass is 10.3. The number of nitro groups is 1. The van der Waals surface area contributed by atoms with E-state index in [1.54, 1.807) is 12.1 Å². The van der Waals surface area contributed by atoms with Crippen molar-refractivity contribution >= 4 is 17.8 Å². The molecule has 0 saturated heterocycles. The summed E-state index contributed by atoms with van der Waals surface area (Å²) in [6.45, 7) is 1.33. The molecule has 0 aliphatic carbocycles. The lowest BCUT2D eigenvalue weighted by Gasteiger charge is -2.13. The fraction of sp³-hybridized carbons (Fsp3) is 0.133. The number of nitrogens with zero attached hydrogens (tertiary/aromatic N) is 2. The number of aromatic nitrogens is 1. The summed E-state index contributed by atoms with van der Waals surface area (Å²) >= 11 is 0. The Morgan fingerprint density at radius 1 is 1.12 bits per heavy atom. The first kappa shape index (κ1) is 16.9. The van der Waals surface area contributed by atoms with Gasteiger partial charge in [0.1, 0.15) is 11.4 Å². The van der Waals surface area contributed by atoms with Gasteiger partial charge in [-0.15, -0.1) is 0 Å². The van der Waals surface area contributed by atoms with Crippen LogP contribution in [0.5, 0.6) is 5.75 Å². The average Bonchev–Trinajstić information content (AvgIpc) is 2.55. The van der Waals surface area contributed by atoms with Crippen LogP contribution in [-0.4, -0.2) is 28.3 Å². The summed E-state index contributed by atoms with van der Waals surface area (Å²) in [4.78, 5) is 37.0.